The number of likely N-dealkylation sites (tertiary alicyclic amines) is 1. The lowest BCUT2D eigenvalue weighted by molar-refractivity contribution is -0.125. The van der Waals surface area contributed by atoms with Crippen LogP contribution in [0.25, 0.3) is 0 Å². The standard InChI is InChI=1S/C20H39N3O2.2ClH/c1-3-25-13-7-11-23-12-8-18(17(2)15-23)22-19(24)14-20(16-21)9-5-4-6-10-20;;/h17-18H,3-16,21H2,1-2H3,(H,22,24);2*1H. The highest BCUT2D eigenvalue weighted by atomic mass is 35.5. The lowest BCUT2D eigenvalue weighted by atomic mass is 9.71. The lowest BCUT2D eigenvalue weighted by Crippen LogP contribution is -2.51. The molecule has 162 valence electrons. The number of amides is 1. The van der Waals surface area contributed by atoms with Crippen molar-refractivity contribution in [1.82, 2.24) is 10.2 Å². The number of nitrogens with zero attached hydrogens (tertiary/aromatic N) is 1. The van der Waals surface area contributed by atoms with Crippen LogP contribution < -0.4 is 11.1 Å². The number of nitrogens with one attached hydrogen (secondary N) is 1. The van der Waals surface area contributed by atoms with E-state index in [1.54, 1.807) is 0 Å². The quantitative estimate of drug-likeness (QED) is 0.555. The predicted molar refractivity (Wildman–Crippen MR) is 117 cm³/mol. The van der Waals surface area contributed by atoms with Crippen molar-refractivity contribution in [1.29, 1.82) is 0 Å². The highest BCUT2D eigenvalue weighted by Crippen LogP contribution is 2.38. The maximum atomic E-state index is 12.6. The number of piperidine rings is 1. The summed E-state index contributed by atoms with van der Waals surface area (Å²) in [5.41, 5.74) is 6.10. The molecule has 1 saturated heterocycles. The zero-order valence-electron chi connectivity index (χ0n) is 17.2. The Hall–Kier alpha value is -0.0700. The van der Waals surface area contributed by atoms with Gasteiger partial charge in [0.2, 0.25) is 5.91 Å². The van der Waals surface area contributed by atoms with Gasteiger partial charge < -0.3 is 20.7 Å². The minimum atomic E-state index is 0. The van der Waals surface area contributed by atoms with Gasteiger partial charge in [0.15, 0.2) is 0 Å². The number of rotatable bonds is 9. The number of carbonyl (C=O) groups excluding carboxylic acids is 1. The fourth-order valence-corrected chi connectivity index (χ4v) is 4.54. The number of ether oxygens (including phenoxy) is 1. The van der Waals surface area contributed by atoms with Crippen molar-refractivity contribution < 1.29 is 9.53 Å². The zero-order valence-corrected chi connectivity index (χ0v) is 18.8. The highest BCUT2D eigenvalue weighted by molar-refractivity contribution is 5.85. The fourth-order valence-electron chi connectivity index (χ4n) is 4.54. The van der Waals surface area contributed by atoms with Crippen LogP contribution in [-0.4, -0.2) is 56.2 Å². The van der Waals surface area contributed by atoms with Crippen LogP contribution in [0.1, 0.15) is 65.2 Å². The summed E-state index contributed by atoms with van der Waals surface area (Å²) in [6.07, 6.45) is 8.73. The second kappa shape index (κ2) is 14.0. The van der Waals surface area contributed by atoms with Gasteiger partial charge in [0.1, 0.15) is 0 Å². The predicted octanol–water partition coefficient (Wildman–Crippen LogP) is 3.38. The molecule has 2 fully saturated rings. The molecule has 0 aromatic carbocycles. The van der Waals surface area contributed by atoms with E-state index in [0.717, 1.165) is 58.5 Å². The van der Waals surface area contributed by atoms with E-state index in [4.69, 9.17) is 10.5 Å². The number of halogens is 2. The number of carbonyl (C=O) groups is 1. The SMILES string of the molecule is CCOCCCN1CCC(NC(=O)CC2(CN)CCCCC2)C(C)C1.Cl.Cl. The van der Waals surface area contributed by atoms with Crippen LogP contribution in [-0.2, 0) is 9.53 Å². The lowest BCUT2D eigenvalue weighted by Gasteiger charge is -2.39. The minimum Gasteiger partial charge on any atom is -0.382 e. The van der Waals surface area contributed by atoms with Crippen LogP contribution in [0.5, 0.6) is 0 Å². The molecule has 2 unspecified atom stereocenters. The van der Waals surface area contributed by atoms with Gasteiger partial charge in [-0.1, -0.05) is 26.2 Å². The fraction of sp³-hybridized carbons (Fsp3) is 0.950. The molecule has 0 bridgehead atoms. The molecule has 1 amide bonds. The molecule has 1 aliphatic heterocycles. The zero-order chi connectivity index (χ0) is 18.1. The third-order valence-electron chi connectivity index (χ3n) is 6.19. The van der Waals surface area contributed by atoms with E-state index >= 15 is 0 Å². The Labute approximate surface area is 178 Å². The van der Waals surface area contributed by atoms with E-state index in [9.17, 15) is 4.79 Å². The maximum absolute atomic E-state index is 12.6. The van der Waals surface area contributed by atoms with E-state index in [-0.39, 0.29) is 36.1 Å². The van der Waals surface area contributed by atoms with Crippen LogP contribution in [0.2, 0.25) is 0 Å². The average Bonchev–Trinajstić information content (AvgIpc) is 2.61. The maximum Gasteiger partial charge on any atom is 0.220 e. The molecule has 1 aliphatic carbocycles. The molecule has 0 aromatic heterocycles. The van der Waals surface area contributed by atoms with Crippen molar-refractivity contribution in [2.45, 2.75) is 71.3 Å². The van der Waals surface area contributed by atoms with E-state index in [0.29, 0.717) is 24.9 Å². The van der Waals surface area contributed by atoms with E-state index in [1.807, 2.05) is 6.92 Å². The van der Waals surface area contributed by atoms with Crippen molar-refractivity contribution >= 4 is 30.7 Å². The highest BCUT2D eigenvalue weighted by Gasteiger charge is 2.34. The molecule has 2 rings (SSSR count). The van der Waals surface area contributed by atoms with Gasteiger partial charge in [-0.25, -0.2) is 0 Å². The summed E-state index contributed by atoms with van der Waals surface area (Å²) < 4.78 is 5.42. The van der Waals surface area contributed by atoms with Gasteiger partial charge in [0.25, 0.3) is 0 Å². The molecule has 0 aromatic rings. The minimum absolute atomic E-state index is 0. The molecular weight excluding hydrogens is 385 g/mol. The van der Waals surface area contributed by atoms with Crippen LogP contribution >= 0.6 is 24.8 Å². The Bertz CT molecular complexity index is 407. The summed E-state index contributed by atoms with van der Waals surface area (Å²) in [6.45, 7) is 9.84. The molecule has 1 heterocycles. The summed E-state index contributed by atoms with van der Waals surface area (Å²) in [4.78, 5) is 15.1. The first-order valence-electron chi connectivity index (χ1n) is 10.4. The number of nitrogens with two attached hydrogens (primary N) is 1. The van der Waals surface area contributed by atoms with Crippen LogP contribution in [0.15, 0.2) is 0 Å². The molecule has 3 N–H and O–H groups in total. The summed E-state index contributed by atoms with van der Waals surface area (Å²) in [5, 5.41) is 3.33. The topological polar surface area (TPSA) is 67.6 Å². The van der Waals surface area contributed by atoms with Gasteiger partial charge in [0, 0.05) is 45.3 Å². The molecule has 2 atom stereocenters. The first kappa shape index (κ1) is 26.9. The van der Waals surface area contributed by atoms with Gasteiger partial charge in [-0.15, -0.1) is 24.8 Å². The van der Waals surface area contributed by atoms with Gasteiger partial charge in [-0.3, -0.25) is 4.79 Å². The second-order valence-corrected chi connectivity index (χ2v) is 8.23. The third kappa shape index (κ3) is 8.86. The summed E-state index contributed by atoms with van der Waals surface area (Å²) in [5.74, 6) is 0.721. The largest absolute Gasteiger partial charge is 0.382 e. The Balaban J connectivity index is 0.00000338. The van der Waals surface area contributed by atoms with Crippen LogP contribution in [0.4, 0.5) is 0 Å². The number of hydrogen-bond donors (Lipinski definition) is 2. The van der Waals surface area contributed by atoms with Gasteiger partial charge in [0.05, 0.1) is 0 Å². The van der Waals surface area contributed by atoms with E-state index < -0.39 is 0 Å². The average molecular weight is 426 g/mol. The second-order valence-electron chi connectivity index (χ2n) is 8.23. The molecule has 7 heteroatoms. The van der Waals surface area contributed by atoms with Crippen LogP contribution in [0.3, 0.4) is 0 Å². The smallest absolute Gasteiger partial charge is 0.220 e. The summed E-state index contributed by atoms with van der Waals surface area (Å²) >= 11 is 0. The Morgan fingerprint density at radius 1 is 1.26 bits per heavy atom. The first-order valence-corrected chi connectivity index (χ1v) is 10.4. The number of hydrogen-bond acceptors (Lipinski definition) is 4. The molecule has 2 aliphatic rings. The van der Waals surface area contributed by atoms with Crippen molar-refractivity contribution in [2.75, 3.05) is 39.4 Å². The van der Waals surface area contributed by atoms with Crippen molar-refractivity contribution in [2.24, 2.45) is 17.1 Å². The van der Waals surface area contributed by atoms with E-state index in [2.05, 4.69) is 17.1 Å². The van der Waals surface area contributed by atoms with Gasteiger partial charge in [-0.2, -0.15) is 0 Å². The molecule has 0 radical (unpaired) electrons. The summed E-state index contributed by atoms with van der Waals surface area (Å²) in [7, 11) is 0. The van der Waals surface area contributed by atoms with Gasteiger partial charge >= 0.3 is 0 Å². The molecule has 0 spiro atoms. The third-order valence-corrected chi connectivity index (χ3v) is 6.19. The van der Waals surface area contributed by atoms with Crippen molar-refractivity contribution in [3.63, 3.8) is 0 Å². The molecule has 5 nitrogen and oxygen atoms in total. The summed E-state index contributed by atoms with van der Waals surface area (Å²) in [6, 6.07) is 0.314. The first-order chi connectivity index (χ1) is 12.1. The molecule has 1 saturated carbocycles. The van der Waals surface area contributed by atoms with E-state index in [1.165, 1.54) is 19.3 Å². The van der Waals surface area contributed by atoms with Crippen molar-refractivity contribution in [3.05, 3.63) is 0 Å². The monoisotopic (exact) mass is 425 g/mol. The van der Waals surface area contributed by atoms with Gasteiger partial charge in [-0.05, 0) is 50.5 Å². The molecule has 27 heavy (non-hydrogen) atoms. The Kier molecular flexibility index (Phi) is 14.0. The van der Waals surface area contributed by atoms with Crippen molar-refractivity contribution in [3.8, 4) is 0 Å². The Morgan fingerprint density at radius 2 is 1.96 bits per heavy atom. The molecular formula is C20H41Cl2N3O2. The Morgan fingerprint density at radius 3 is 2.56 bits per heavy atom. The van der Waals surface area contributed by atoms with Crippen LogP contribution in [0, 0.1) is 11.3 Å². The normalized spacial score (nSPS) is 25.1.